The van der Waals surface area contributed by atoms with Crippen LogP contribution in [0.25, 0.3) is 21.9 Å². The molecule has 0 aliphatic rings. The SMILES string of the molecule is COc1ccc2c(COC(=O)CCn3cnc4ccc(Br)cc4c3=O)cc(=O)oc2c1. The van der Waals surface area contributed by atoms with Crippen molar-refractivity contribution in [3.8, 4) is 5.75 Å². The summed E-state index contributed by atoms with van der Waals surface area (Å²) in [6.45, 7) is 0.0348. The van der Waals surface area contributed by atoms with Crippen LogP contribution in [0, 0.1) is 0 Å². The Bertz CT molecular complexity index is 1410. The molecule has 8 nitrogen and oxygen atoms in total. The van der Waals surface area contributed by atoms with Gasteiger partial charge in [0.1, 0.15) is 17.9 Å². The van der Waals surface area contributed by atoms with E-state index >= 15 is 0 Å². The minimum atomic E-state index is -0.549. The summed E-state index contributed by atoms with van der Waals surface area (Å²) in [6, 6.07) is 11.6. The molecule has 158 valence electrons. The van der Waals surface area contributed by atoms with Gasteiger partial charge in [-0.2, -0.15) is 0 Å². The van der Waals surface area contributed by atoms with Crippen LogP contribution in [0.4, 0.5) is 0 Å². The number of esters is 1. The van der Waals surface area contributed by atoms with E-state index < -0.39 is 11.6 Å². The molecule has 0 atom stereocenters. The third-order valence-corrected chi connectivity index (χ3v) is 5.26. The van der Waals surface area contributed by atoms with Crippen molar-refractivity contribution in [3.63, 3.8) is 0 Å². The molecule has 4 aromatic rings. The highest BCUT2D eigenvalue weighted by Gasteiger charge is 2.11. The van der Waals surface area contributed by atoms with Crippen LogP contribution in [0.5, 0.6) is 5.75 Å². The van der Waals surface area contributed by atoms with Crippen LogP contribution < -0.4 is 15.9 Å². The Morgan fingerprint density at radius 1 is 1.13 bits per heavy atom. The highest BCUT2D eigenvalue weighted by molar-refractivity contribution is 9.10. The number of halogens is 1. The van der Waals surface area contributed by atoms with Gasteiger partial charge in [-0.3, -0.25) is 14.2 Å². The maximum atomic E-state index is 12.6. The second-order valence-corrected chi connectivity index (χ2v) is 7.68. The zero-order valence-corrected chi connectivity index (χ0v) is 18.0. The third kappa shape index (κ3) is 4.51. The standard InChI is InChI=1S/C22H17BrN2O6/c1-29-15-3-4-16-13(8-21(27)31-19(16)10-15)11-30-20(26)6-7-25-12-24-18-5-2-14(23)9-17(18)22(25)28/h2-5,8-10,12H,6-7,11H2,1H3. The normalized spacial score (nSPS) is 11.0. The molecule has 0 bridgehead atoms. The molecular formula is C22H17BrN2O6. The number of methoxy groups -OCH3 is 1. The summed E-state index contributed by atoms with van der Waals surface area (Å²) in [5, 5.41) is 1.11. The highest BCUT2D eigenvalue weighted by atomic mass is 79.9. The smallest absolute Gasteiger partial charge is 0.336 e. The summed E-state index contributed by atoms with van der Waals surface area (Å²) in [4.78, 5) is 40.9. The Hall–Kier alpha value is -3.46. The van der Waals surface area contributed by atoms with E-state index in [1.165, 1.54) is 24.1 Å². The Balaban J connectivity index is 1.46. The van der Waals surface area contributed by atoms with Gasteiger partial charge in [0.05, 0.1) is 30.8 Å². The van der Waals surface area contributed by atoms with E-state index in [1.54, 1.807) is 36.4 Å². The third-order valence-electron chi connectivity index (χ3n) is 4.77. The van der Waals surface area contributed by atoms with Crippen molar-refractivity contribution in [1.82, 2.24) is 9.55 Å². The summed E-state index contributed by atoms with van der Waals surface area (Å²) in [6.07, 6.45) is 1.39. The molecule has 0 spiro atoms. The van der Waals surface area contributed by atoms with Crippen molar-refractivity contribution in [2.24, 2.45) is 0 Å². The maximum absolute atomic E-state index is 12.6. The van der Waals surface area contributed by atoms with Gasteiger partial charge in [-0.1, -0.05) is 15.9 Å². The van der Waals surface area contributed by atoms with E-state index in [0.717, 1.165) is 4.47 Å². The van der Waals surface area contributed by atoms with Gasteiger partial charge >= 0.3 is 11.6 Å². The first kappa shape index (κ1) is 20.8. The highest BCUT2D eigenvalue weighted by Crippen LogP contribution is 2.23. The van der Waals surface area contributed by atoms with E-state index in [4.69, 9.17) is 13.9 Å². The van der Waals surface area contributed by atoms with Gasteiger partial charge in [-0.15, -0.1) is 0 Å². The average molecular weight is 485 g/mol. The first-order valence-electron chi connectivity index (χ1n) is 9.36. The lowest BCUT2D eigenvalue weighted by molar-refractivity contribution is -0.145. The van der Waals surface area contributed by atoms with Crippen molar-refractivity contribution in [3.05, 3.63) is 79.6 Å². The molecule has 0 aliphatic carbocycles. The Labute approximate surface area is 184 Å². The molecule has 2 heterocycles. The number of aryl methyl sites for hydroxylation is 1. The number of nitrogens with zero attached hydrogens (tertiary/aromatic N) is 2. The zero-order valence-electron chi connectivity index (χ0n) is 16.5. The van der Waals surface area contributed by atoms with E-state index in [2.05, 4.69) is 20.9 Å². The van der Waals surface area contributed by atoms with Crippen molar-refractivity contribution >= 4 is 43.8 Å². The predicted molar refractivity (Wildman–Crippen MR) is 117 cm³/mol. The van der Waals surface area contributed by atoms with Crippen LogP contribution in [0.2, 0.25) is 0 Å². The molecule has 0 aliphatic heterocycles. The number of aromatic nitrogens is 2. The number of hydrogen-bond donors (Lipinski definition) is 0. The fraction of sp³-hybridized carbons (Fsp3) is 0.182. The van der Waals surface area contributed by atoms with Crippen LogP contribution in [-0.2, 0) is 22.7 Å². The first-order valence-corrected chi connectivity index (χ1v) is 10.1. The van der Waals surface area contributed by atoms with Gasteiger partial charge in [0.25, 0.3) is 5.56 Å². The summed E-state index contributed by atoms with van der Waals surface area (Å²) in [5.41, 5.74) is 0.666. The van der Waals surface area contributed by atoms with Crippen LogP contribution >= 0.6 is 15.9 Å². The van der Waals surface area contributed by atoms with Crippen molar-refractivity contribution in [2.75, 3.05) is 7.11 Å². The van der Waals surface area contributed by atoms with E-state index in [-0.39, 0.29) is 25.1 Å². The molecule has 4 rings (SSSR count). The molecule has 9 heteroatoms. The number of hydrogen-bond acceptors (Lipinski definition) is 7. The molecule has 0 radical (unpaired) electrons. The quantitative estimate of drug-likeness (QED) is 0.305. The van der Waals surface area contributed by atoms with Gasteiger partial charge in [-0.25, -0.2) is 9.78 Å². The van der Waals surface area contributed by atoms with Crippen LogP contribution in [-0.4, -0.2) is 22.6 Å². The summed E-state index contributed by atoms with van der Waals surface area (Å²) >= 11 is 3.34. The largest absolute Gasteiger partial charge is 0.497 e. The fourth-order valence-electron chi connectivity index (χ4n) is 3.19. The number of fused-ring (bicyclic) bond motifs is 2. The first-order chi connectivity index (χ1) is 14.9. The molecule has 0 saturated carbocycles. The molecule has 0 amide bonds. The Kier molecular flexibility index (Phi) is 5.85. The topological polar surface area (TPSA) is 101 Å². The molecule has 2 aromatic heterocycles. The van der Waals surface area contributed by atoms with Gasteiger partial charge in [0, 0.05) is 34.1 Å². The van der Waals surface area contributed by atoms with Gasteiger partial charge in [0.15, 0.2) is 0 Å². The molecule has 0 unspecified atom stereocenters. The molecule has 0 saturated heterocycles. The second kappa shape index (κ2) is 8.73. The Morgan fingerprint density at radius 2 is 1.97 bits per heavy atom. The lowest BCUT2D eigenvalue weighted by Gasteiger charge is -2.09. The molecule has 0 fully saturated rings. The van der Waals surface area contributed by atoms with E-state index in [9.17, 15) is 14.4 Å². The number of ether oxygens (including phenoxy) is 2. The zero-order chi connectivity index (χ0) is 22.0. The van der Waals surface area contributed by atoms with Crippen LogP contribution in [0.3, 0.4) is 0 Å². The van der Waals surface area contributed by atoms with Gasteiger partial charge in [0.2, 0.25) is 0 Å². The van der Waals surface area contributed by atoms with Crippen molar-refractivity contribution < 1.29 is 18.7 Å². The molecule has 0 N–H and O–H groups in total. The number of carbonyl (C=O) groups is 1. The summed E-state index contributed by atoms with van der Waals surface area (Å²) in [5.74, 6) is 0.0439. The second-order valence-electron chi connectivity index (χ2n) is 6.77. The minimum absolute atomic E-state index is 0.0196. The number of carbonyl (C=O) groups excluding carboxylic acids is 1. The van der Waals surface area contributed by atoms with E-state index in [0.29, 0.717) is 33.2 Å². The average Bonchev–Trinajstić information content (AvgIpc) is 2.76. The fourth-order valence-corrected chi connectivity index (χ4v) is 3.55. The van der Waals surface area contributed by atoms with Gasteiger partial charge in [-0.05, 0) is 30.3 Å². The number of rotatable bonds is 6. The summed E-state index contributed by atoms with van der Waals surface area (Å²) in [7, 11) is 1.51. The van der Waals surface area contributed by atoms with Gasteiger partial charge < -0.3 is 13.9 Å². The van der Waals surface area contributed by atoms with Crippen LogP contribution in [0.15, 0.2) is 67.3 Å². The van der Waals surface area contributed by atoms with Crippen molar-refractivity contribution in [1.29, 1.82) is 0 Å². The monoisotopic (exact) mass is 484 g/mol. The number of benzene rings is 2. The van der Waals surface area contributed by atoms with E-state index in [1.807, 2.05) is 0 Å². The van der Waals surface area contributed by atoms with Crippen molar-refractivity contribution in [2.45, 2.75) is 19.6 Å². The predicted octanol–water partition coefficient (Wildman–Crippen LogP) is 3.41. The van der Waals surface area contributed by atoms with Crippen LogP contribution in [0.1, 0.15) is 12.0 Å². The molecular weight excluding hydrogens is 468 g/mol. The lowest BCUT2D eigenvalue weighted by atomic mass is 10.1. The molecule has 2 aromatic carbocycles. The molecule has 31 heavy (non-hydrogen) atoms. The maximum Gasteiger partial charge on any atom is 0.336 e. The summed E-state index contributed by atoms with van der Waals surface area (Å²) < 4.78 is 17.8. The minimum Gasteiger partial charge on any atom is -0.497 e. The lowest BCUT2D eigenvalue weighted by Crippen LogP contribution is -2.22. The Morgan fingerprint density at radius 3 is 2.77 bits per heavy atom.